The molecule has 1 aromatic rings. The fourth-order valence-corrected chi connectivity index (χ4v) is 1.60. The molecule has 0 radical (unpaired) electrons. The number of aliphatic hydroxyl groups excluding tert-OH is 1. The second-order valence-electron chi connectivity index (χ2n) is 5.08. The molecule has 102 valence electrons. The summed E-state index contributed by atoms with van der Waals surface area (Å²) < 4.78 is 19.6. The van der Waals surface area contributed by atoms with Gasteiger partial charge in [0.05, 0.1) is 24.0 Å². The molecule has 1 unspecified atom stereocenters. The molecule has 0 saturated heterocycles. The number of ether oxygens (including phenoxy) is 1. The average molecular weight is 320 g/mol. The zero-order valence-electron chi connectivity index (χ0n) is 10.8. The highest BCUT2D eigenvalue weighted by Gasteiger charge is 2.13. The van der Waals surface area contributed by atoms with Crippen molar-refractivity contribution in [2.24, 2.45) is 0 Å². The van der Waals surface area contributed by atoms with E-state index in [0.29, 0.717) is 10.2 Å². The van der Waals surface area contributed by atoms with Gasteiger partial charge in [0.1, 0.15) is 5.82 Å². The van der Waals surface area contributed by atoms with E-state index in [9.17, 15) is 9.50 Å². The fourth-order valence-electron chi connectivity index (χ4n) is 1.27. The molecule has 0 saturated carbocycles. The van der Waals surface area contributed by atoms with E-state index in [1.165, 1.54) is 6.07 Å². The summed E-state index contributed by atoms with van der Waals surface area (Å²) in [7, 11) is 0. The topological polar surface area (TPSA) is 41.5 Å². The van der Waals surface area contributed by atoms with Gasteiger partial charge in [0.25, 0.3) is 0 Å². The van der Waals surface area contributed by atoms with Gasteiger partial charge >= 0.3 is 0 Å². The van der Waals surface area contributed by atoms with Crippen molar-refractivity contribution in [1.82, 2.24) is 0 Å². The maximum absolute atomic E-state index is 13.5. The molecule has 0 aromatic heterocycles. The van der Waals surface area contributed by atoms with Gasteiger partial charge < -0.3 is 15.2 Å². The molecule has 0 aliphatic rings. The van der Waals surface area contributed by atoms with Gasteiger partial charge in [-0.2, -0.15) is 0 Å². The standard InChI is InChI=1S/C13H19BrFNO2/c1-13(2,3)18-8-10(17)7-16-12-5-4-9(14)6-11(12)15/h4-6,10,16-17H,7-8H2,1-3H3. The first-order chi connectivity index (χ1) is 8.28. The predicted octanol–water partition coefficient (Wildman–Crippen LogP) is 3.18. The second-order valence-corrected chi connectivity index (χ2v) is 6.00. The Bertz CT molecular complexity index is 393. The molecule has 0 aliphatic carbocycles. The van der Waals surface area contributed by atoms with Gasteiger partial charge in [0.2, 0.25) is 0 Å². The van der Waals surface area contributed by atoms with Crippen molar-refractivity contribution in [2.75, 3.05) is 18.5 Å². The highest BCUT2D eigenvalue weighted by molar-refractivity contribution is 9.10. The maximum Gasteiger partial charge on any atom is 0.147 e. The fraction of sp³-hybridized carbons (Fsp3) is 0.538. The summed E-state index contributed by atoms with van der Waals surface area (Å²) >= 11 is 3.19. The number of halogens is 2. The number of aliphatic hydroxyl groups is 1. The maximum atomic E-state index is 13.5. The quantitative estimate of drug-likeness (QED) is 0.875. The number of hydrogen-bond acceptors (Lipinski definition) is 3. The van der Waals surface area contributed by atoms with Crippen molar-refractivity contribution in [3.63, 3.8) is 0 Å². The largest absolute Gasteiger partial charge is 0.389 e. The molecule has 0 spiro atoms. The van der Waals surface area contributed by atoms with Crippen LogP contribution < -0.4 is 5.32 Å². The molecular formula is C13H19BrFNO2. The zero-order chi connectivity index (χ0) is 13.8. The summed E-state index contributed by atoms with van der Waals surface area (Å²) in [5, 5.41) is 12.6. The van der Waals surface area contributed by atoms with E-state index in [1.54, 1.807) is 12.1 Å². The van der Waals surface area contributed by atoms with Crippen LogP contribution in [0.15, 0.2) is 22.7 Å². The molecule has 0 aliphatic heterocycles. The Morgan fingerprint density at radius 3 is 2.67 bits per heavy atom. The molecule has 3 nitrogen and oxygen atoms in total. The lowest BCUT2D eigenvalue weighted by Gasteiger charge is -2.22. The Kier molecular flexibility index (Phi) is 5.56. The Hall–Kier alpha value is -0.650. The normalized spacial score (nSPS) is 13.4. The Labute approximate surface area is 115 Å². The van der Waals surface area contributed by atoms with Gasteiger partial charge in [-0.1, -0.05) is 15.9 Å². The third-order valence-corrected chi connectivity index (χ3v) is 2.66. The number of anilines is 1. The molecule has 0 amide bonds. The number of rotatable bonds is 5. The van der Waals surface area contributed by atoms with Gasteiger partial charge in [-0.15, -0.1) is 0 Å². The minimum absolute atomic E-state index is 0.217. The first kappa shape index (κ1) is 15.4. The van der Waals surface area contributed by atoms with Crippen LogP contribution in [0.2, 0.25) is 0 Å². The minimum Gasteiger partial charge on any atom is -0.389 e. The Morgan fingerprint density at radius 2 is 2.11 bits per heavy atom. The van der Waals surface area contributed by atoms with Crippen LogP contribution in [0.5, 0.6) is 0 Å². The van der Waals surface area contributed by atoms with Crippen LogP contribution in [0.25, 0.3) is 0 Å². The van der Waals surface area contributed by atoms with Gasteiger partial charge in [-0.25, -0.2) is 4.39 Å². The smallest absolute Gasteiger partial charge is 0.147 e. The van der Waals surface area contributed by atoms with Crippen LogP contribution >= 0.6 is 15.9 Å². The van der Waals surface area contributed by atoms with Gasteiger partial charge in [-0.3, -0.25) is 0 Å². The summed E-state index contributed by atoms with van der Waals surface area (Å²) in [6.45, 7) is 6.22. The van der Waals surface area contributed by atoms with Gasteiger partial charge in [0.15, 0.2) is 0 Å². The predicted molar refractivity (Wildman–Crippen MR) is 74.3 cm³/mol. The minimum atomic E-state index is -0.674. The summed E-state index contributed by atoms with van der Waals surface area (Å²) in [6.07, 6.45) is -0.674. The van der Waals surface area contributed by atoms with Gasteiger partial charge in [0, 0.05) is 11.0 Å². The Balaban J connectivity index is 2.40. The zero-order valence-corrected chi connectivity index (χ0v) is 12.4. The van der Waals surface area contributed by atoms with E-state index in [1.807, 2.05) is 20.8 Å². The SMILES string of the molecule is CC(C)(C)OCC(O)CNc1ccc(Br)cc1F. The summed E-state index contributed by atoms with van der Waals surface area (Å²) in [6, 6.07) is 4.74. The van der Waals surface area contributed by atoms with E-state index < -0.39 is 6.10 Å². The summed E-state index contributed by atoms with van der Waals surface area (Å²) in [5.74, 6) is -0.353. The van der Waals surface area contributed by atoms with Crippen molar-refractivity contribution < 1.29 is 14.2 Å². The van der Waals surface area contributed by atoms with Crippen LogP contribution in [-0.4, -0.2) is 30.0 Å². The molecule has 0 bridgehead atoms. The second kappa shape index (κ2) is 6.50. The first-order valence-electron chi connectivity index (χ1n) is 5.79. The van der Waals surface area contributed by atoms with E-state index in [4.69, 9.17) is 4.74 Å². The van der Waals surface area contributed by atoms with Crippen molar-refractivity contribution in [3.8, 4) is 0 Å². The Morgan fingerprint density at radius 1 is 1.44 bits per heavy atom. The van der Waals surface area contributed by atoms with Crippen LogP contribution in [0.4, 0.5) is 10.1 Å². The molecule has 1 rings (SSSR count). The molecule has 1 atom stereocenters. The summed E-state index contributed by atoms with van der Waals surface area (Å²) in [4.78, 5) is 0. The number of nitrogens with one attached hydrogen (secondary N) is 1. The number of benzene rings is 1. The van der Waals surface area contributed by atoms with Crippen LogP contribution in [0.1, 0.15) is 20.8 Å². The van der Waals surface area contributed by atoms with Crippen molar-refractivity contribution in [3.05, 3.63) is 28.5 Å². The average Bonchev–Trinajstić information content (AvgIpc) is 2.24. The molecule has 5 heteroatoms. The van der Waals surface area contributed by atoms with Crippen LogP contribution in [0, 0.1) is 5.82 Å². The lowest BCUT2D eigenvalue weighted by molar-refractivity contribution is -0.0449. The van der Waals surface area contributed by atoms with Crippen LogP contribution in [-0.2, 0) is 4.74 Å². The molecule has 2 N–H and O–H groups in total. The van der Waals surface area contributed by atoms with Crippen molar-refractivity contribution in [1.29, 1.82) is 0 Å². The van der Waals surface area contributed by atoms with Gasteiger partial charge in [-0.05, 0) is 39.0 Å². The third kappa shape index (κ3) is 5.80. The summed E-state index contributed by atoms with van der Waals surface area (Å²) in [5.41, 5.74) is 0.0807. The molecule has 0 heterocycles. The van der Waals surface area contributed by atoms with E-state index in [2.05, 4.69) is 21.2 Å². The third-order valence-electron chi connectivity index (χ3n) is 2.17. The highest BCUT2D eigenvalue weighted by atomic mass is 79.9. The van der Waals surface area contributed by atoms with E-state index >= 15 is 0 Å². The lowest BCUT2D eigenvalue weighted by atomic mass is 10.2. The first-order valence-corrected chi connectivity index (χ1v) is 6.58. The highest BCUT2D eigenvalue weighted by Crippen LogP contribution is 2.19. The molecular weight excluding hydrogens is 301 g/mol. The lowest BCUT2D eigenvalue weighted by Crippen LogP contribution is -2.30. The van der Waals surface area contributed by atoms with Crippen molar-refractivity contribution >= 4 is 21.6 Å². The molecule has 1 aromatic carbocycles. The van der Waals surface area contributed by atoms with E-state index in [-0.39, 0.29) is 24.6 Å². The monoisotopic (exact) mass is 319 g/mol. The van der Waals surface area contributed by atoms with Crippen molar-refractivity contribution in [2.45, 2.75) is 32.5 Å². The number of hydrogen-bond donors (Lipinski definition) is 2. The molecule has 0 fully saturated rings. The van der Waals surface area contributed by atoms with E-state index in [0.717, 1.165) is 0 Å². The molecule has 18 heavy (non-hydrogen) atoms. The van der Waals surface area contributed by atoms with Crippen LogP contribution in [0.3, 0.4) is 0 Å².